The monoisotopic (exact) mass is 484 g/mol. The van der Waals surface area contributed by atoms with Gasteiger partial charge in [0.25, 0.3) is 0 Å². The standard InChI is InChI=1S/C26H48N2O6/c1-27-23(29)21-20-22(26(33)34)28-24(30)18-16-14-12-10-8-6-4-2-3-5-7-9-11-13-15-17-19-25(31)32/h22H,2-21H2,1H3,(H,27,29)(H,28,30)(H,31,32)(H,33,34)/t22-/m0/s1. The number of hydrogen-bond donors (Lipinski definition) is 4. The number of rotatable bonds is 24. The number of hydrogen-bond acceptors (Lipinski definition) is 4. The number of carbonyl (C=O) groups is 4. The van der Waals surface area contributed by atoms with Crippen molar-refractivity contribution in [1.29, 1.82) is 0 Å². The minimum atomic E-state index is -1.11. The van der Waals surface area contributed by atoms with Gasteiger partial charge in [-0.2, -0.15) is 0 Å². The van der Waals surface area contributed by atoms with Crippen LogP contribution in [0.3, 0.4) is 0 Å². The summed E-state index contributed by atoms with van der Waals surface area (Å²) in [6.07, 6.45) is 19.2. The van der Waals surface area contributed by atoms with Crippen molar-refractivity contribution in [3.8, 4) is 0 Å². The molecular formula is C26H48N2O6. The van der Waals surface area contributed by atoms with Crippen molar-refractivity contribution in [2.45, 2.75) is 134 Å². The maximum Gasteiger partial charge on any atom is 0.326 e. The molecule has 0 aliphatic rings. The summed E-state index contributed by atoms with van der Waals surface area (Å²) < 4.78 is 0. The smallest absolute Gasteiger partial charge is 0.326 e. The molecule has 0 saturated heterocycles. The fourth-order valence-electron chi connectivity index (χ4n) is 3.96. The second-order valence-corrected chi connectivity index (χ2v) is 9.22. The predicted octanol–water partition coefficient (Wildman–Crippen LogP) is 5.19. The van der Waals surface area contributed by atoms with Crippen molar-refractivity contribution in [2.75, 3.05) is 7.05 Å². The van der Waals surface area contributed by atoms with Crippen LogP contribution in [0.1, 0.15) is 128 Å². The first-order valence-corrected chi connectivity index (χ1v) is 13.3. The van der Waals surface area contributed by atoms with Crippen molar-refractivity contribution in [3.63, 3.8) is 0 Å². The second kappa shape index (κ2) is 22.7. The van der Waals surface area contributed by atoms with E-state index >= 15 is 0 Å². The average molecular weight is 485 g/mol. The summed E-state index contributed by atoms with van der Waals surface area (Å²) in [6, 6.07) is -1.01. The van der Waals surface area contributed by atoms with Crippen LogP contribution in [0, 0.1) is 0 Å². The van der Waals surface area contributed by atoms with Crippen LogP contribution in [-0.4, -0.2) is 47.1 Å². The highest BCUT2D eigenvalue weighted by atomic mass is 16.4. The number of carbonyl (C=O) groups excluding carboxylic acids is 2. The number of aliphatic carboxylic acids is 2. The van der Waals surface area contributed by atoms with E-state index in [-0.39, 0.29) is 24.7 Å². The Hall–Kier alpha value is -2.12. The lowest BCUT2D eigenvalue weighted by atomic mass is 10.0. The highest BCUT2D eigenvalue weighted by Crippen LogP contribution is 2.14. The zero-order chi connectivity index (χ0) is 25.4. The third kappa shape index (κ3) is 21.7. The van der Waals surface area contributed by atoms with Gasteiger partial charge in [-0.25, -0.2) is 4.79 Å². The van der Waals surface area contributed by atoms with Crippen LogP contribution >= 0.6 is 0 Å². The fraction of sp³-hybridized carbons (Fsp3) is 0.846. The van der Waals surface area contributed by atoms with E-state index in [1.54, 1.807) is 0 Å². The Labute approximate surface area is 205 Å². The first kappa shape index (κ1) is 31.9. The molecule has 0 fully saturated rings. The molecule has 2 amide bonds. The van der Waals surface area contributed by atoms with Gasteiger partial charge >= 0.3 is 11.9 Å². The molecule has 0 aromatic carbocycles. The Kier molecular flexibility index (Phi) is 21.2. The molecular weight excluding hydrogens is 436 g/mol. The minimum Gasteiger partial charge on any atom is -0.481 e. The van der Waals surface area contributed by atoms with Crippen LogP contribution in [-0.2, 0) is 19.2 Å². The Morgan fingerprint density at radius 2 is 0.941 bits per heavy atom. The van der Waals surface area contributed by atoms with E-state index in [0.29, 0.717) is 12.8 Å². The van der Waals surface area contributed by atoms with Gasteiger partial charge in [0.15, 0.2) is 0 Å². The summed E-state index contributed by atoms with van der Waals surface area (Å²) in [5.41, 5.74) is 0. The first-order chi connectivity index (χ1) is 16.4. The number of carboxylic acid groups (broad SMARTS) is 2. The summed E-state index contributed by atoms with van der Waals surface area (Å²) in [5, 5.41) is 22.7. The molecule has 0 spiro atoms. The quantitative estimate of drug-likeness (QED) is 0.139. The molecule has 0 saturated carbocycles. The van der Waals surface area contributed by atoms with Crippen molar-refractivity contribution in [1.82, 2.24) is 10.6 Å². The van der Waals surface area contributed by atoms with Gasteiger partial charge in [-0.1, -0.05) is 89.9 Å². The van der Waals surface area contributed by atoms with Crippen molar-refractivity contribution >= 4 is 23.8 Å². The molecule has 8 nitrogen and oxygen atoms in total. The Morgan fingerprint density at radius 3 is 1.29 bits per heavy atom. The van der Waals surface area contributed by atoms with Crippen LogP contribution in [0.5, 0.6) is 0 Å². The molecule has 0 radical (unpaired) electrons. The molecule has 0 aromatic rings. The van der Waals surface area contributed by atoms with Gasteiger partial charge < -0.3 is 20.8 Å². The predicted molar refractivity (Wildman–Crippen MR) is 134 cm³/mol. The topological polar surface area (TPSA) is 133 Å². The summed E-state index contributed by atoms with van der Waals surface area (Å²) >= 11 is 0. The molecule has 0 bridgehead atoms. The highest BCUT2D eigenvalue weighted by molar-refractivity contribution is 5.84. The Bertz CT molecular complexity index is 567. The number of nitrogens with one attached hydrogen (secondary N) is 2. The number of amides is 2. The summed E-state index contributed by atoms with van der Waals surface area (Å²) in [5.74, 6) is -2.30. The van der Waals surface area contributed by atoms with E-state index < -0.39 is 18.0 Å². The van der Waals surface area contributed by atoms with E-state index in [2.05, 4.69) is 10.6 Å². The summed E-state index contributed by atoms with van der Waals surface area (Å²) in [7, 11) is 1.50. The minimum absolute atomic E-state index is 0.0747. The van der Waals surface area contributed by atoms with Crippen LogP contribution in [0.2, 0.25) is 0 Å². The normalized spacial score (nSPS) is 11.7. The average Bonchev–Trinajstić information content (AvgIpc) is 2.80. The molecule has 0 rings (SSSR count). The maximum atomic E-state index is 12.0. The van der Waals surface area contributed by atoms with Gasteiger partial charge in [0.1, 0.15) is 6.04 Å². The van der Waals surface area contributed by atoms with Gasteiger partial charge in [0.2, 0.25) is 11.8 Å². The Balaban J connectivity index is 3.43. The van der Waals surface area contributed by atoms with Gasteiger partial charge in [0.05, 0.1) is 0 Å². The molecule has 1 atom stereocenters. The van der Waals surface area contributed by atoms with E-state index in [9.17, 15) is 24.3 Å². The molecule has 4 N–H and O–H groups in total. The van der Waals surface area contributed by atoms with Crippen molar-refractivity contribution in [2.24, 2.45) is 0 Å². The van der Waals surface area contributed by atoms with Gasteiger partial charge in [-0.15, -0.1) is 0 Å². The third-order valence-electron chi connectivity index (χ3n) is 6.12. The van der Waals surface area contributed by atoms with E-state index in [1.807, 2.05) is 0 Å². The Morgan fingerprint density at radius 1 is 0.559 bits per heavy atom. The fourth-order valence-corrected chi connectivity index (χ4v) is 3.96. The lowest BCUT2D eigenvalue weighted by Gasteiger charge is -2.14. The van der Waals surface area contributed by atoms with Crippen molar-refractivity contribution < 1.29 is 29.4 Å². The molecule has 0 aromatic heterocycles. The van der Waals surface area contributed by atoms with E-state index in [0.717, 1.165) is 38.5 Å². The van der Waals surface area contributed by atoms with Crippen LogP contribution < -0.4 is 10.6 Å². The first-order valence-electron chi connectivity index (χ1n) is 13.3. The van der Waals surface area contributed by atoms with E-state index in [4.69, 9.17) is 5.11 Å². The number of carboxylic acids is 2. The SMILES string of the molecule is CNC(=O)CC[C@H](NC(=O)CCCCCCCCCCCCCCCCCCC(=O)O)C(=O)O. The van der Waals surface area contributed by atoms with Crippen molar-refractivity contribution in [3.05, 3.63) is 0 Å². The van der Waals surface area contributed by atoms with Crippen LogP contribution in [0.15, 0.2) is 0 Å². The molecule has 0 unspecified atom stereocenters. The molecule has 8 heteroatoms. The lowest BCUT2D eigenvalue weighted by molar-refractivity contribution is -0.142. The molecule has 0 heterocycles. The molecule has 198 valence electrons. The van der Waals surface area contributed by atoms with Gasteiger partial charge in [0, 0.05) is 26.3 Å². The zero-order valence-corrected chi connectivity index (χ0v) is 21.2. The second-order valence-electron chi connectivity index (χ2n) is 9.22. The van der Waals surface area contributed by atoms with Crippen LogP contribution in [0.4, 0.5) is 0 Å². The highest BCUT2D eigenvalue weighted by Gasteiger charge is 2.20. The largest absolute Gasteiger partial charge is 0.481 e. The maximum absolute atomic E-state index is 12.0. The van der Waals surface area contributed by atoms with Gasteiger partial charge in [-0.3, -0.25) is 14.4 Å². The molecule has 34 heavy (non-hydrogen) atoms. The summed E-state index contributed by atoms with van der Waals surface area (Å²) in [6.45, 7) is 0. The van der Waals surface area contributed by atoms with E-state index in [1.165, 1.54) is 71.3 Å². The third-order valence-corrected chi connectivity index (χ3v) is 6.12. The molecule has 0 aliphatic heterocycles. The zero-order valence-electron chi connectivity index (χ0n) is 21.2. The summed E-state index contributed by atoms with van der Waals surface area (Å²) in [4.78, 5) is 44.9. The lowest BCUT2D eigenvalue weighted by Crippen LogP contribution is -2.41. The van der Waals surface area contributed by atoms with Crippen LogP contribution in [0.25, 0.3) is 0 Å². The number of unbranched alkanes of at least 4 members (excludes halogenated alkanes) is 15. The molecule has 0 aliphatic carbocycles. The van der Waals surface area contributed by atoms with Gasteiger partial charge in [-0.05, 0) is 19.3 Å².